The SMILES string of the molecule is COC(=O)c1ccc(N2C(=O)C[C@H](N3CCCCCCC3)C2=O)cc1. The van der Waals surface area contributed by atoms with E-state index in [-0.39, 0.29) is 24.3 Å². The Morgan fingerprint density at radius 3 is 2.20 bits per heavy atom. The van der Waals surface area contributed by atoms with E-state index in [1.165, 1.54) is 31.3 Å². The van der Waals surface area contributed by atoms with Gasteiger partial charge in [-0.2, -0.15) is 0 Å². The normalized spacial score (nSPS) is 22.6. The Bertz CT molecular complexity index is 648. The Balaban J connectivity index is 1.75. The number of anilines is 1. The molecule has 1 atom stereocenters. The summed E-state index contributed by atoms with van der Waals surface area (Å²) in [5.41, 5.74) is 0.905. The van der Waals surface area contributed by atoms with Crippen LogP contribution in [0.25, 0.3) is 0 Å². The monoisotopic (exact) mass is 344 g/mol. The molecule has 0 aromatic heterocycles. The fourth-order valence-electron chi connectivity index (χ4n) is 3.62. The second-order valence-electron chi connectivity index (χ2n) is 6.63. The Morgan fingerprint density at radius 2 is 1.60 bits per heavy atom. The molecular formula is C19H24N2O4. The van der Waals surface area contributed by atoms with Crippen LogP contribution in [-0.4, -0.2) is 48.9 Å². The Labute approximate surface area is 147 Å². The van der Waals surface area contributed by atoms with E-state index in [2.05, 4.69) is 9.64 Å². The molecule has 2 saturated heterocycles. The van der Waals surface area contributed by atoms with E-state index < -0.39 is 5.97 Å². The molecule has 0 bridgehead atoms. The van der Waals surface area contributed by atoms with Gasteiger partial charge in [-0.3, -0.25) is 14.5 Å². The molecule has 3 rings (SSSR count). The highest BCUT2D eigenvalue weighted by Gasteiger charge is 2.42. The van der Waals surface area contributed by atoms with Crippen LogP contribution in [0.5, 0.6) is 0 Å². The molecular weight excluding hydrogens is 320 g/mol. The number of likely N-dealkylation sites (tertiary alicyclic amines) is 1. The van der Waals surface area contributed by atoms with Gasteiger partial charge in [0.2, 0.25) is 5.91 Å². The Morgan fingerprint density at radius 1 is 1.00 bits per heavy atom. The number of ether oxygens (including phenoxy) is 1. The Hall–Kier alpha value is -2.21. The molecule has 6 heteroatoms. The number of methoxy groups -OCH3 is 1. The molecule has 0 aliphatic carbocycles. The van der Waals surface area contributed by atoms with Crippen LogP contribution in [-0.2, 0) is 14.3 Å². The summed E-state index contributed by atoms with van der Waals surface area (Å²) in [5, 5.41) is 0. The number of nitrogens with zero attached hydrogens (tertiary/aromatic N) is 2. The van der Waals surface area contributed by atoms with Gasteiger partial charge in [0.15, 0.2) is 0 Å². The third-order valence-corrected chi connectivity index (χ3v) is 5.00. The van der Waals surface area contributed by atoms with Crippen molar-refractivity contribution < 1.29 is 19.1 Å². The molecule has 2 aliphatic heterocycles. The van der Waals surface area contributed by atoms with Crippen molar-refractivity contribution in [1.29, 1.82) is 0 Å². The van der Waals surface area contributed by atoms with Crippen LogP contribution in [0.1, 0.15) is 48.9 Å². The zero-order chi connectivity index (χ0) is 17.8. The maximum Gasteiger partial charge on any atom is 0.337 e. The van der Waals surface area contributed by atoms with Crippen LogP contribution in [0.3, 0.4) is 0 Å². The number of amides is 2. The molecule has 2 aliphatic rings. The van der Waals surface area contributed by atoms with Crippen LogP contribution in [0.2, 0.25) is 0 Å². The van der Waals surface area contributed by atoms with Crippen molar-refractivity contribution in [2.45, 2.75) is 44.6 Å². The first kappa shape index (κ1) is 17.6. The van der Waals surface area contributed by atoms with Gasteiger partial charge in [0.05, 0.1) is 30.8 Å². The zero-order valence-corrected chi connectivity index (χ0v) is 14.6. The summed E-state index contributed by atoms with van der Waals surface area (Å²) in [5.74, 6) is -0.775. The molecule has 134 valence electrons. The van der Waals surface area contributed by atoms with E-state index in [0.29, 0.717) is 11.3 Å². The van der Waals surface area contributed by atoms with Crippen LogP contribution in [0, 0.1) is 0 Å². The van der Waals surface area contributed by atoms with Gasteiger partial charge in [0.25, 0.3) is 5.91 Å². The molecule has 0 N–H and O–H groups in total. The number of benzene rings is 1. The molecule has 2 amide bonds. The maximum atomic E-state index is 12.9. The minimum absolute atomic E-state index is 0.156. The average Bonchev–Trinajstić information content (AvgIpc) is 2.88. The smallest absolute Gasteiger partial charge is 0.337 e. The number of hydrogen-bond acceptors (Lipinski definition) is 5. The number of hydrogen-bond donors (Lipinski definition) is 0. The first-order chi connectivity index (χ1) is 12.1. The highest BCUT2D eigenvalue weighted by atomic mass is 16.5. The first-order valence-electron chi connectivity index (χ1n) is 8.91. The lowest BCUT2D eigenvalue weighted by Gasteiger charge is -2.28. The number of carbonyl (C=O) groups is 3. The molecule has 1 aromatic rings. The van der Waals surface area contributed by atoms with Crippen LogP contribution < -0.4 is 4.90 Å². The molecule has 25 heavy (non-hydrogen) atoms. The van der Waals surface area contributed by atoms with E-state index in [1.54, 1.807) is 24.3 Å². The largest absolute Gasteiger partial charge is 0.465 e. The summed E-state index contributed by atoms with van der Waals surface area (Å²) in [6.45, 7) is 1.75. The minimum atomic E-state index is -0.441. The number of imide groups is 1. The summed E-state index contributed by atoms with van der Waals surface area (Å²) >= 11 is 0. The lowest BCUT2D eigenvalue weighted by Crippen LogP contribution is -2.43. The zero-order valence-electron chi connectivity index (χ0n) is 14.6. The summed E-state index contributed by atoms with van der Waals surface area (Å²) in [4.78, 5) is 40.3. The van der Waals surface area contributed by atoms with Crippen molar-refractivity contribution in [1.82, 2.24) is 4.90 Å². The third kappa shape index (κ3) is 3.74. The fourth-order valence-corrected chi connectivity index (χ4v) is 3.62. The van der Waals surface area contributed by atoms with E-state index in [4.69, 9.17) is 0 Å². The molecule has 1 aromatic carbocycles. The van der Waals surface area contributed by atoms with Gasteiger partial charge in [-0.15, -0.1) is 0 Å². The summed E-state index contributed by atoms with van der Waals surface area (Å²) in [6, 6.07) is 6.04. The van der Waals surface area contributed by atoms with Crippen molar-refractivity contribution in [3.05, 3.63) is 29.8 Å². The molecule has 0 unspecified atom stereocenters. The second kappa shape index (κ2) is 7.78. The van der Waals surface area contributed by atoms with Gasteiger partial charge >= 0.3 is 5.97 Å². The van der Waals surface area contributed by atoms with E-state index in [1.807, 2.05) is 0 Å². The van der Waals surface area contributed by atoms with Gasteiger partial charge in [0, 0.05) is 0 Å². The van der Waals surface area contributed by atoms with Crippen molar-refractivity contribution >= 4 is 23.5 Å². The van der Waals surface area contributed by atoms with Gasteiger partial charge < -0.3 is 4.74 Å². The second-order valence-corrected chi connectivity index (χ2v) is 6.63. The fraction of sp³-hybridized carbons (Fsp3) is 0.526. The van der Waals surface area contributed by atoms with E-state index in [0.717, 1.165) is 25.9 Å². The lowest BCUT2D eigenvalue weighted by atomic mass is 10.1. The topological polar surface area (TPSA) is 66.9 Å². The van der Waals surface area contributed by atoms with Crippen LogP contribution in [0.15, 0.2) is 24.3 Å². The third-order valence-electron chi connectivity index (χ3n) is 5.00. The molecule has 2 heterocycles. The van der Waals surface area contributed by atoms with E-state index >= 15 is 0 Å². The standard InChI is InChI=1S/C19H24N2O4/c1-25-19(24)14-7-9-15(10-8-14)21-17(22)13-16(18(21)23)20-11-5-3-2-4-6-12-20/h7-10,16H,2-6,11-13H2,1H3/t16-/m0/s1. The lowest BCUT2D eigenvalue weighted by molar-refractivity contribution is -0.123. The Kier molecular flexibility index (Phi) is 5.48. The first-order valence-corrected chi connectivity index (χ1v) is 8.91. The number of carbonyl (C=O) groups excluding carboxylic acids is 3. The summed E-state index contributed by atoms with van der Waals surface area (Å²) in [6.07, 6.45) is 6.01. The van der Waals surface area contributed by atoms with Crippen molar-refractivity contribution in [3.63, 3.8) is 0 Å². The molecule has 0 spiro atoms. The van der Waals surface area contributed by atoms with Gasteiger partial charge in [-0.05, 0) is 50.2 Å². The predicted octanol–water partition coefficient (Wildman–Crippen LogP) is 2.37. The predicted molar refractivity (Wildman–Crippen MR) is 93.3 cm³/mol. The minimum Gasteiger partial charge on any atom is -0.465 e. The van der Waals surface area contributed by atoms with Gasteiger partial charge in [-0.25, -0.2) is 9.69 Å². The molecule has 2 fully saturated rings. The van der Waals surface area contributed by atoms with E-state index in [9.17, 15) is 14.4 Å². The molecule has 0 radical (unpaired) electrons. The van der Waals surface area contributed by atoms with Gasteiger partial charge in [0.1, 0.15) is 0 Å². The van der Waals surface area contributed by atoms with Crippen LogP contribution >= 0.6 is 0 Å². The summed E-state index contributed by atoms with van der Waals surface area (Å²) in [7, 11) is 1.32. The maximum absolute atomic E-state index is 12.9. The van der Waals surface area contributed by atoms with Crippen molar-refractivity contribution in [3.8, 4) is 0 Å². The quantitative estimate of drug-likeness (QED) is 0.622. The number of esters is 1. The van der Waals surface area contributed by atoms with Crippen molar-refractivity contribution in [2.24, 2.45) is 0 Å². The molecule has 6 nitrogen and oxygen atoms in total. The highest BCUT2D eigenvalue weighted by molar-refractivity contribution is 6.22. The average molecular weight is 344 g/mol. The summed E-state index contributed by atoms with van der Waals surface area (Å²) < 4.78 is 4.67. The van der Waals surface area contributed by atoms with Crippen LogP contribution in [0.4, 0.5) is 5.69 Å². The highest BCUT2D eigenvalue weighted by Crippen LogP contribution is 2.27. The van der Waals surface area contributed by atoms with Crippen molar-refractivity contribution in [2.75, 3.05) is 25.1 Å². The van der Waals surface area contributed by atoms with Gasteiger partial charge in [-0.1, -0.05) is 19.3 Å². The molecule has 0 saturated carbocycles. The number of rotatable bonds is 3.